The molecule has 8 heteroatoms. The number of anilines is 1. The Balaban J connectivity index is 2.03. The highest BCUT2D eigenvalue weighted by Crippen LogP contribution is 2.27. The Labute approximate surface area is 154 Å². The van der Waals surface area contributed by atoms with Gasteiger partial charge in [0.05, 0.1) is 6.04 Å². The number of carbonyl (C=O) groups is 1. The third kappa shape index (κ3) is 5.56. The molecule has 0 heterocycles. The minimum Gasteiger partial charge on any atom is -0.484 e. The van der Waals surface area contributed by atoms with Gasteiger partial charge in [0.25, 0.3) is 0 Å². The highest BCUT2D eigenvalue weighted by molar-refractivity contribution is 6.31. The predicted octanol–water partition coefficient (Wildman–Crippen LogP) is 5.51. The van der Waals surface area contributed by atoms with E-state index in [1.165, 1.54) is 23.1 Å². The molecular formula is C18H18ClF3N2O2. The van der Waals surface area contributed by atoms with Gasteiger partial charge in [0.15, 0.2) is 6.61 Å². The molecule has 2 rings (SSSR count). The van der Waals surface area contributed by atoms with Crippen LogP contribution >= 0.6 is 11.6 Å². The number of nitrogens with zero attached hydrogens (tertiary/aromatic N) is 1. The van der Waals surface area contributed by atoms with E-state index in [1.807, 2.05) is 19.1 Å². The smallest absolute Gasteiger partial charge is 0.422 e. The third-order valence-corrected chi connectivity index (χ3v) is 4.09. The van der Waals surface area contributed by atoms with E-state index in [9.17, 15) is 18.0 Å². The van der Waals surface area contributed by atoms with E-state index in [2.05, 4.69) is 10.1 Å². The molecule has 0 saturated carbocycles. The second kappa shape index (κ2) is 8.31. The van der Waals surface area contributed by atoms with Crippen molar-refractivity contribution in [3.8, 4) is 5.75 Å². The summed E-state index contributed by atoms with van der Waals surface area (Å²) in [5, 5.41) is 3.18. The van der Waals surface area contributed by atoms with Crippen molar-refractivity contribution in [2.24, 2.45) is 0 Å². The molecule has 0 aliphatic carbocycles. The van der Waals surface area contributed by atoms with E-state index in [0.29, 0.717) is 10.7 Å². The first-order valence-electron chi connectivity index (χ1n) is 7.75. The van der Waals surface area contributed by atoms with Crippen LogP contribution in [0.3, 0.4) is 0 Å². The van der Waals surface area contributed by atoms with Gasteiger partial charge in [0.2, 0.25) is 0 Å². The van der Waals surface area contributed by atoms with Crippen molar-refractivity contribution in [1.29, 1.82) is 0 Å². The molecule has 140 valence electrons. The SMILES string of the molecule is CC(c1ccccc1Cl)N(C)C(=O)Nc1cccc(OCC(F)(F)F)c1. The van der Waals surface area contributed by atoms with Crippen molar-refractivity contribution in [2.75, 3.05) is 19.0 Å². The highest BCUT2D eigenvalue weighted by atomic mass is 35.5. The summed E-state index contributed by atoms with van der Waals surface area (Å²) in [5.74, 6) is 0.0157. The predicted molar refractivity (Wildman–Crippen MR) is 94.6 cm³/mol. The van der Waals surface area contributed by atoms with Crippen LogP contribution in [0.5, 0.6) is 5.75 Å². The first-order chi connectivity index (χ1) is 12.2. The van der Waals surface area contributed by atoms with Gasteiger partial charge in [-0.25, -0.2) is 4.79 Å². The van der Waals surface area contributed by atoms with Crippen LogP contribution in [-0.4, -0.2) is 30.8 Å². The molecule has 0 saturated heterocycles. The maximum Gasteiger partial charge on any atom is 0.422 e. The Hall–Kier alpha value is -2.41. The van der Waals surface area contributed by atoms with Crippen molar-refractivity contribution < 1.29 is 22.7 Å². The molecule has 2 amide bonds. The van der Waals surface area contributed by atoms with E-state index in [-0.39, 0.29) is 11.8 Å². The first-order valence-corrected chi connectivity index (χ1v) is 8.13. The number of alkyl halides is 3. The Morgan fingerprint density at radius 3 is 2.58 bits per heavy atom. The zero-order valence-electron chi connectivity index (χ0n) is 14.2. The van der Waals surface area contributed by atoms with Gasteiger partial charge in [0, 0.05) is 23.8 Å². The lowest BCUT2D eigenvalue weighted by atomic mass is 10.1. The zero-order chi connectivity index (χ0) is 19.3. The molecule has 0 spiro atoms. The summed E-state index contributed by atoms with van der Waals surface area (Å²) in [7, 11) is 1.60. The summed E-state index contributed by atoms with van der Waals surface area (Å²) in [6.07, 6.45) is -4.43. The van der Waals surface area contributed by atoms with E-state index >= 15 is 0 Å². The number of hydrogen-bond donors (Lipinski definition) is 1. The number of benzene rings is 2. The molecule has 1 N–H and O–H groups in total. The van der Waals surface area contributed by atoms with Gasteiger partial charge >= 0.3 is 12.2 Å². The van der Waals surface area contributed by atoms with Crippen molar-refractivity contribution in [1.82, 2.24) is 4.90 Å². The average Bonchev–Trinajstić information content (AvgIpc) is 2.59. The van der Waals surface area contributed by atoms with Gasteiger partial charge in [-0.3, -0.25) is 0 Å². The molecule has 0 fully saturated rings. The molecule has 2 aromatic rings. The topological polar surface area (TPSA) is 41.6 Å². The van der Waals surface area contributed by atoms with Gasteiger partial charge in [-0.1, -0.05) is 35.9 Å². The Kier molecular flexibility index (Phi) is 6.37. The van der Waals surface area contributed by atoms with Crippen molar-refractivity contribution in [2.45, 2.75) is 19.1 Å². The molecule has 1 unspecified atom stereocenters. The molecule has 0 aromatic heterocycles. The van der Waals surface area contributed by atoms with Crippen molar-refractivity contribution in [3.63, 3.8) is 0 Å². The number of carbonyl (C=O) groups excluding carboxylic acids is 1. The van der Waals surface area contributed by atoms with Gasteiger partial charge < -0.3 is 15.0 Å². The lowest BCUT2D eigenvalue weighted by Crippen LogP contribution is -2.33. The molecule has 4 nitrogen and oxygen atoms in total. The minimum absolute atomic E-state index is 0.0157. The molecule has 1 atom stereocenters. The fourth-order valence-corrected chi connectivity index (χ4v) is 2.53. The fourth-order valence-electron chi connectivity index (χ4n) is 2.24. The lowest BCUT2D eigenvalue weighted by molar-refractivity contribution is -0.153. The molecule has 0 aliphatic heterocycles. The third-order valence-electron chi connectivity index (χ3n) is 3.74. The summed E-state index contributed by atoms with van der Waals surface area (Å²) in [4.78, 5) is 13.9. The fraction of sp³-hybridized carbons (Fsp3) is 0.278. The highest BCUT2D eigenvalue weighted by Gasteiger charge is 2.28. The number of rotatable bonds is 5. The van der Waals surface area contributed by atoms with E-state index in [4.69, 9.17) is 11.6 Å². The quantitative estimate of drug-likeness (QED) is 0.736. The standard InChI is InChI=1S/C18H18ClF3N2O2/c1-12(15-8-3-4-9-16(15)19)24(2)17(25)23-13-6-5-7-14(10-13)26-11-18(20,21)22/h3-10,12H,11H2,1-2H3,(H,23,25). The Morgan fingerprint density at radius 2 is 1.92 bits per heavy atom. The van der Waals surface area contributed by atoms with E-state index in [0.717, 1.165) is 5.56 Å². The number of urea groups is 1. The summed E-state index contributed by atoms with van der Waals surface area (Å²) >= 11 is 6.15. The molecule has 26 heavy (non-hydrogen) atoms. The minimum atomic E-state index is -4.43. The van der Waals surface area contributed by atoms with Crippen molar-refractivity contribution in [3.05, 3.63) is 59.1 Å². The number of hydrogen-bond acceptors (Lipinski definition) is 2. The van der Waals surface area contributed by atoms with Gasteiger partial charge in [0.1, 0.15) is 5.75 Å². The maximum absolute atomic E-state index is 12.4. The van der Waals surface area contributed by atoms with E-state index < -0.39 is 18.8 Å². The molecule has 0 radical (unpaired) electrons. The van der Waals surface area contributed by atoms with Crippen LogP contribution in [-0.2, 0) is 0 Å². The summed E-state index contributed by atoms with van der Waals surface area (Å²) < 4.78 is 41.4. The lowest BCUT2D eigenvalue weighted by Gasteiger charge is -2.26. The Bertz CT molecular complexity index is 768. The van der Waals surface area contributed by atoms with Crippen molar-refractivity contribution >= 4 is 23.3 Å². The monoisotopic (exact) mass is 386 g/mol. The van der Waals surface area contributed by atoms with Crippen LogP contribution in [0.1, 0.15) is 18.5 Å². The average molecular weight is 387 g/mol. The molecule has 0 bridgehead atoms. The number of halogens is 4. The first kappa shape index (κ1) is 19.9. The summed E-state index contributed by atoms with van der Waals surface area (Å²) in [5.41, 5.74) is 1.11. The van der Waals surface area contributed by atoms with Gasteiger partial charge in [-0.05, 0) is 30.7 Å². The van der Waals surface area contributed by atoms with E-state index in [1.54, 1.807) is 25.2 Å². The van der Waals surface area contributed by atoms with Gasteiger partial charge in [-0.2, -0.15) is 13.2 Å². The van der Waals surface area contributed by atoms with Gasteiger partial charge in [-0.15, -0.1) is 0 Å². The van der Waals surface area contributed by atoms with Crippen LogP contribution in [0.25, 0.3) is 0 Å². The molecule has 0 aliphatic rings. The normalized spacial score (nSPS) is 12.4. The largest absolute Gasteiger partial charge is 0.484 e. The molecule has 2 aromatic carbocycles. The summed E-state index contributed by atoms with van der Waals surface area (Å²) in [6, 6.07) is 12.2. The number of nitrogens with one attached hydrogen (secondary N) is 1. The second-order valence-electron chi connectivity index (χ2n) is 5.67. The zero-order valence-corrected chi connectivity index (χ0v) is 14.9. The van der Waals surface area contributed by atoms with Crippen LogP contribution in [0, 0.1) is 0 Å². The second-order valence-corrected chi connectivity index (χ2v) is 6.08. The maximum atomic E-state index is 12.4. The van der Waals surface area contributed by atoms with Crippen LogP contribution in [0.2, 0.25) is 5.02 Å². The summed E-state index contributed by atoms with van der Waals surface area (Å²) in [6.45, 7) is 0.428. The number of ether oxygens (including phenoxy) is 1. The van der Waals surface area contributed by atoms with Crippen LogP contribution < -0.4 is 10.1 Å². The Morgan fingerprint density at radius 1 is 1.23 bits per heavy atom. The number of amides is 2. The van der Waals surface area contributed by atoms with Crippen LogP contribution in [0.15, 0.2) is 48.5 Å². The van der Waals surface area contributed by atoms with Crippen LogP contribution in [0.4, 0.5) is 23.7 Å². The molecular weight excluding hydrogens is 369 g/mol.